The van der Waals surface area contributed by atoms with Crippen molar-refractivity contribution in [1.29, 1.82) is 0 Å². The zero-order chi connectivity index (χ0) is 14.8. The van der Waals surface area contributed by atoms with Crippen molar-refractivity contribution in [1.82, 2.24) is 14.7 Å². The van der Waals surface area contributed by atoms with Gasteiger partial charge in [-0.25, -0.2) is 0 Å². The van der Waals surface area contributed by atoms with E-state index < -0.39 is 0 Å². The molecule has 3 rings (SSSR count). The third-order valence-electron chi connectivity index (χ3n) is 4.28. The molecule has 1 aliphatic heterocycles. The molecular weight excluding hydrogens is 268 g/mol. The Morgan fingerprint density at radius 3 is 2.90 bits per heavy atom. The highest BCUT2D eigenvalue weighted by Gasteiger charge is 2.27. The number of anilines is 1. The van der Waals surface area contributed by atoms with Crippen LogP contribution in [0.1, 0.15) is 32.6 Å². The Morgan fingerprint density at radius 1 is 1.38 bits per heavy atom. The molecule has 1 aromatic rings. The average molecular weight is 290 g/mol. The molecule has 21 heavy (non-hydrogen) atoms. The largest absolute Gasteiger partial charge is 0.342 e. The molecule has 0 aromatic carbocycles. The van der Waals surface area contributed by atoms with Gasteiger partial charge in [-0.2, -0.15) is 5.10 Å². The topological polar surface area (TPSA) is 67.2 Å². The second kappa shape index (κ2) is 5.87. The van der Waals surface area contributed by atoms with Crippen LogP contribution in [0.15, 0.2) is 12.4 Å². The summed E-state index contributed by atoms with van der Waals surface area (Å²) in [6, 6.07) is 0. The van der Waals surface area contributed by atoms with E-state index in [1.165, 1.54) is 12.8 Å². The van der Waals surface area contributed by atoms with Crippen molar-refractivity contribution in [2.24, 2.45) is 11.8 Å². The third-order valence-corrected chi connectivity index (χ3v) is 4.28. The Kier molecular flexibility index (Phi) is 3.94. The Balaban J connectivity index is 1.55. The number of hydrogen-bond donors (Lipinski definition) is 1. The maximum absolute atomic E-state index is 12.3. The molecule has 1 saturated heterocycles. The first-order valence-corrected chi connectivity index (χ1v) is 7.70. The normalized spacial score (nSPS) is 22.1. The van der Waals surface area contributed by atoms with Gasteiger partial charge in [-0.1, -0.05) is 0 Å². The van der Waals surface area contributed by atoms with E-state index in [0.29, 0.717) is 6.54 Å². The lowest BCUT2D eigenvalue weighted by Gasteiger charge is -2.31. The Hall–Kier alpha value is -1.85. The number of likely N-dealkylation sites (tertiary alicyclic amines) is 1. The van der Waals surface area contributed by atoms with Crippen molar-refractivity contribution < 1.29 is 9.59 Å². The van der Waals surface area contributed by atoms with Crippen LogP contribution >= 0.6 is 0 Å². The first-order valence-electron chi connectivity index (χ1n) is 7.70. The molecule has 6 heteroatoms. The van der Waals surface area contributed by atoms with Gasteiger partial charge < -0.3 is 10.2 Å². The van der Waals surface area contributed by atoms with Crippen molar-refractivity contribution in [2.45, 2.75) is 39.2 Å². The highest BCUT2D eigenvalue weighted by Crippen LogP contribution is 2.30. The molecule has 2 amide bonds. The summed E-state index contributed by atoms with van der Waals surface area (Å²) in [4.78, 5) is 25.5. The number of rotatable bonds is 4. The third kappa shape index (κ3) is 3.62. The number of nitrogens with zero attached hydrogens (tertiary/aromatic N) is 3. The van der Waals surface area contributed by atoms with E-state index in [-0.39, 0.29) is 17.7 Å². The van der Waals surface area contributed by atoms with Gasteiger partial charge in [0.15, 0.2) is 0 Å². The molecule has 1 aliphatic carbocycles. The second-order valence-corrected chi connectivity index (χ2v) is 6.19. The molecule has 0 bridgehead atoms. The van der Waals surface area contributed by atoms with Crippen molar-refractivity contribution in [3.05, 3.63) is 12.4 Å². The number of amides is 2. The Labute approximate surface area is 124 Å². The quantitative estimate of drug-likeness (QED) is 0.913. The van der Waals surface area contributed by atoms with E-state index in [9.17, 15) is 9.59 Å². The summed E-state index contributed by atoms with van der Waals surface area (Å²) in [5.74, 6) is 0.682. The predicted octanol–water partition coefficient (Wildman–Crippen LogP) is 1.49. The zero-order valence-corrected chi connectivity index (χ0v) is 12.4. The minimum atomic E-state index is -0.116. The average Bonchev–Trinajstić information content (AvgIpc) is 3.18. The lowest BCUT2D eigenvalue weighted by Crippen LogP contribution is -2.42. The Bertz CT molecular complexity index is 536. The van der Waals surface area contributed by atoms with Crippen LogP contribution in [-0.4, -0.2) is 39.6 Å². The smallest absolute Gasteiger partial charge is 0.229 e. The summed E-state index contributed by atoms with van der Waals surface area (Å²) in [7, 11) is 0. The highest BCUT2D eigenvalue weighted by atomic mass is 16.2. The number of piperidine rings is 1. The fraction of sp³-hybridized carbons (Fsp3) is 0.667. The molecule has 2 aliphatic rings. The predicted molar refractivity (Wildman–Crippen MR) is 78.6 cm³/mol. The number of carbonyl (C=O) groups excluding carboxylic acids is 2. The summed E-state index contributed by atoms with van der Waals surface area (Å²) in [5, 5.41) is 7.20. The molecule has 114 valence electrons. The summed E-state index contributed by atoms with van der Waals surface area (Å²) in [5.41, 5.74) is 0.751. The van der Waals surface area contributed by atoms with Crippen LogP contribution < -0.4 is 5.32 Å². The van der Waals surface area contributed by atoms with Crippen LogP contribution in [0.2, 0.25) is 0 Å². The molecule has 0 radical (unpaired) electrons. The molecule has 1 atom stereocenters. The zero-order valence-electron chi connectivity index (χ0n) is 12.4. The Morgan fingerprint density at radius 2 is 2.19 bits per heavy atom. The maximum Gasteiger partial charge on any atom is 0.229 e. The van der Waals surface area contributed by atoms with Crippen molar-refractivity contribution >= 4 is 17.5 Å². The second-order valence-electron chi connectivity index (χ2n) is 6.19. The van der Waals surface area contributed by atoms with Gasteiger partial charge >= 0.3 is 0 Å². The first-order chi connectivity index (χ1) is 10.1. The fourth-order valence-electron chi connectivity index (χ4n) is 2.81. The summed E-state index contributed by atoms with van der Waals surface area (Å²) in [6.45, 7) is 3.79. The molecule has 0 spiro atoms. The molecule has 2 heterocycles. The van der Waals surface area contributed by atoms with Gasteiger partial charge in [0, 0.05) is 32.8 Å². The van der Waals surface area contributed by atoms with Crippen molar-refractivity contribution in [3.8, 4) is 0 Å². The molecule has 1 aromatic heterocycles. The van der Waals surface area contributed by atoms with Gasteiger partial charge in [-0.15, -0.1) is 0 Å². The standard InChI is InChI=1S/C15H22N4O2/c1-11(20)18-6-2-3-13(9-18)15(21)17-14-7-16-19(10-14)8-12-4-5-12/h7,10,12-13H,2-6,8-9H2,1H3,(H,17,21)/t13-/m0/s1. The SMILES string of the molecule is CC(=O)N1CCC[C@H](C(=O)Nc2cnn(CC3CC3)c2)C1. The van der Waals surface area contributed by atoms with Crippen LogP contribution in [0.5, 0.6) is 0 Å². The first kappa shape index (κ1) is 14.1. The highest BCUT2D eigenvalue weighted by molar-refractivity contribution is 5.92. The molecule has 1 N–H and O–H groups in total. The summed E-state index contributed by atoms with van der Waals surface area (Å²) >= 11 is 0. The van der Waals surface area contributed by atoms with Gasteiger partial charge in [-0.3, -0.25) is 14.3 Å². The van der Waals surface area contributed by atoms with Gasteiger partial charge in [0.2, 0.25) is 11.8 Å². The minimum Gasteiger partial charge on any atom is -0.342 e. The molecule has 1 saturated carbocycles. The van der Waals surface area contributed by atoms with Crippen LogP contribution in [0, 0.1) is 11.8 Å². The van der Waals surface area contributed by atoms with E-state index in [0.717, 1.165) is 37.5 Å². The molecule has 2 fully saturated rings. The summed E-state index contributed by atoms with van der Waals surface area (Å²) in [6.07, 6.45) is 7.88. The van der Waals surface area contributed by atoms with E-state index >= 15 is 0 Å². The van der Waals surface area contributed by atoms with Crippen LogP contribution in [0.25, 0.3) is 0 Å². The van der Waals surface area contributed by atoms with Crippen molar-refractivity contribution in [2.75, 3.05) is 18.4 Å². The molecular formula is C15H22N4O2. The van der Waals surface area contributed by atoms with E-state index in [4.69, 9.17) is 0 Å². The fourth-order valence-corrected chi connectivity index (χ4v) is 2.81. The van der Waals surface area contributed by atoms with Gasteiger partial charge in [0.1, 0.15) is 0 Å². The lowest BCUT2D eigenvalue weighted by molar-refractivity contribution is -0.132. The van der Waals surface area contributed by atoms with Gasteiger partial charge in [0.25, 0.3) is 0 Å². The maximum atomic E-state index is 12.3. The van der Waals surface area contributed by atoms with E-state index in [1.807, 2.05) is 10.9 Å². The number of hydrogen-bond acceptors (Lipinski definition) is 3. The molecule has 6 nitrogen and oxygen atoms in total. The number of aromatic nitrogens is 2. The van der Waals surface area contributed by atoms with E-state index in [1.54, 1.807) is 18.0 Å². The number of carbonyl (C=O) groups is 2. The van der Waals surface area contributed by atoms with Crippen molar-refractivity contribution in [3.63, 3.8) is 0 Å². The lowest BCUT2D eigenvalue weighted by atomic mass is 9.97. The summed E-state index contributed by atoms with van der Waals surface area (Å²) < 4.78 is 1.90. The number of nitrogens with one attached hydrogen (secondary N) is 1. The van der Waals surface area contributed by atoms with Gasteiger partial charge in [0.05, 0.1) is 17.8 Å². The van der Waals surface area contributed by atoms with Crippen LogP contribution in [0.3, 0.4) is 0 Å². The van der Waals surface area contributed by atoms with E-state index in [2.05, 4.69) is 10.4 Å². The van der Waals surface area contributed by atoms with Crippen LogP contribution in [-0.2, 0) is 16.1 Å². The molecule has 0 unspecified atom stereocenters. The monoisotopic (exact) mass is 290 g/mol. The van der Waals surface area contributed by atoms with Crippen LogP contribution in [0.4, 0.5) is 5.69 Å². The minimum absolute atomic E-state index is 0.00748. The van der Waals surface area contributed by atoms with Gasteiger partial charge in [-0.05, 0) is 31.6 Å².